The number of aromatic nitrogens is 1. The molecule has 1 aliphatic carbocycles. The Morgan fingerprint density at radius 2 is 1.76 bits per heavy atom. The number of methoxy groups -OCH3 is 1. The molecule has 2 N–H and O–H groups in total. The van der Waals surface area contributed by atoms with Crippen LogP contribution in [-0.4, -0.2) is 24.7 Å². The number of fused-ring (bicyclic) bond motifs is 1. The zero-order chi connectivity index (χ0) is 26.9. The number of carbonyl (C=O) groups is 1. The van der Waals surface area contributed by atoms with E-state index in [4.69, 9.17) is 21.1 Å². The number of hydrogen-bond acceptors (Lipinski definition) is 6. The number of nitrogens with one attached hydrogen (secondary N) is 2. The number of benzene rings is 2. The predicted molar refractivity (Wildman–Crippen MR) is 143 cm³/mol. The average molecular weight is 542 g/mol. The minimum absolute atomic E-state index is 0.150. The Labute approximate surface area is 225 Å². The number of esters is 1. The van der Waals surface area contributed by atoms with Crippen molar-refractivity contribution in [3.05, 3.63) is 82.0 Å². The number of hydrogen-bond donors (Lipinski definition) is 2. The first-order chi connectivity index (χ1) is 18.3. The van der Waals surface area contributed by atoms with E-state index in [0.717, 1.165) is 36.8 Å². The van der Waals surface area contributed by atoms with Gasteiger partial charge in [-0.05, 0) is 49.4 Å². The van der Waals surface area contributed by atoms with Gasteiger partial charge in [0.05, 0.1) is 30.7 Å². The summed E-state index contributed by atoms with van der Waals surface area (Å²) in [5, 5.41) is 7.68. The molecule has 0 spiro atoms. The zero-order valence-electron chi connectivity index (χ0n) is 21.3. The first-order valence-corrected chi connectivity index (χ1v) is 13.2. The normalized spacial score (nSPS) is 17.2. The molecule has 6 nitrogen and oxygen atoms in total. The number of anilines is 2. The SMILES string of the molecule is COC(=O)c1ccc(OCC(C2CCCCC2)C2(c3ccc(Cl)cc3C)Nc3cc(F)c(F)cc3N2)nc1. The third kappa shape index (κ3) is 5.01. The molecule has 3 aromatic rings. The van der Waals surface area contributed by atoms with Gasteiger partial charge in [-0.15, -0.1) is 0 Å². The molecular weight excluding hydrogens is 512 g/mol. The van der Waals surface area contributed by atoms with Crippen LogP contribution < -0.4 is 15.4 Å². The second-order valence-electron chi connectivity index (χ2n) is 10.0. The van der Waals surface area contributed by atoms with Gasteiger partial charge >= 0.3 is 5.97 Å². The van der Waals surface area contributed by atoms with Crippen LogP contribution in [0.3, 0.4) is 0 Å². The van der Waals surface area contributed by atoms with Crippen LogP contribution in [0.15, 0.2) is 48.7 Å². The van der Waals surface area contributed by atoms with E-state index in [1.165, 1.54) is 31.9 Å². The van der Waals surface area contributed by atoms with Crippen molar-refractivity contribution in [2.24, 2.45) is 11.8 Å². The van der Waals surface area contributed by atoms with Gasteiger partial charge in [-0.2, -0.15) is 0 Å². The van der Waals surface area contributed by atoms with E-state index >= 15 is 0 Å². The summed E-state index contributed by atoms with van der Waals surface area (Å²) in [7, 11) is 1.32. The number of ether oxygens (including phenoxy) is 2. The van der Waals surface area contributed by atoms with Gasteiger partial charge in [0.15, 0.2) is 11.6 Å². The highest BCUT2D eigenvalue weighted by Gasteiger charge is 2.49. The summed E-state index contributed by atoms with van der Waals surface area (Å²) in [4.78, 5) is 16.1. The quantitative estimate of drug-likeness (QED) is 0.312. The molecule has 5 rings (SSSR count). The average Bonchev–Trinajstić information content (AvgIpc) is 3.27. The van der Waals surface area contributed by atoms with Gasteiger partial charge in [0, 0.05) is 40.9 Å². The van der Waals surface area contributed by atoms with Crippen molar-refractivity contribution < 1.29 is 23.0 Å². The summed E-state index contributed by atoms with van der Waals surface area (Å²) in [5.74, 6) is -1.82. The number of nitrogens with zero attached hydrogens (tertiary/aromatic N) is 1. The lowest BCUT2D eigenvalue weighted by molar-refractivity contribution is 0.0600. The summed E-state index contributed by atoms with van der Waals surface area (Å²) in [6, 6.07) is 11.3. The number of carbonyl (C=O) groups excluding carboxylic acids is 1. The molecule has 1 fully saturated rings. The fraction of sp³-hybridized carbons (Fsp3) is 0.379. The summed E-state index contributed by atoms with van der Waals surface area (Å²) < 4.78 is 39.5. The second-order valence-corrected chi connectivity index (χ2v) is 10.5. The fourth-order valence-electron chi connectivity index (χ4n) is 5.83. The van der Waals surface area contributed by atoms with Crippen molar-refractivity contribution >= 4 is 28.9 Å². The van der Waals surface area contributed by atoms with Crippen LogP contribution in [0, 0.1) is 30.4 Å². The Morgan fingerprint density at radius 1 is 1.08 bits per heavy atom. The van der Waals surface area contributed by atoms with Crippen LogP contribution in [0.4, 0.5) is 20.2 Å². The van der Waals surface area contributed by atoms with E-state index in [2.05, 4.69) is 15.6 Å². The third-order valence-corrected chi connectivity index (χ3v) is 7.92. The maximum Gasteiger partial charge on any atom is 0.339 e. The van der Waals surface area contributed by atoms with Crippen molar-refractivity contribution in [2.75, 3.05) is 24.4 Å². The van der Waals surface area contributed by atoms with Gasteiger partial charge in [-0.1, -0.05) is 36.9 Å². The molecule has 2 aromatic carbocycles. The van der Waals surface area contributed by atoms with E-state index in [0.29, 0.717) is 27.8 Å². The Balaban J connectivity index is 1.55. The molecular formula is C29H30ClF2N3O3. The number of aryl methyl sites for hydroxylation is 1. The topological polar surface area (TPSA) is 72.5 Å². The van der Waals surface area contributed by atoms with Gasteiger partial charge in [0.25, 0.3) is 0 Å². The molecule has 1 atom stereocenters. The Hall–Kier alpha value is -3.39. The molecule has 0 amide bonds. The number of rotatable bonds is 7. The van der Waals surface area contributed by atoms with Crippen molar-refractivity contribution in [3.8, 4) is 5.88 Å². The van der Waals surface area contributed by atoms with Crippen LogP contribution in [-0.2, 0) is 10.4 Å². The highest BCUT2D eigenvalue weighted by atomic mass is 35.5. The Morgan fingerprint density at radius 3 is 2.34 bits per heavy atom. The first kappa shape index (κ1) is 26.2. The summed E-state index contributed by atoms with van der Waals surface area (Å²) >= 11 is 6.31. The van der Waals surface area contributed by atoms with Crippen LogP contribution in [0.25, 0.3) is 0 Å². The minimum Gasteiger partial charge on any atom is -0.477 e. The molecule has 2 heterocycles. The lowest BCUT2D eigenvalue weighted by Gasteiger charge is -2.44. The Bertz CT molecular complexity index is 1300. The molecule has 0 saturated heterocycles. The molecule has 1 unspecified atom stereocenters. The van der Waals surface area contributed by atoms with Crippen molar-refractivity contribution in [1.82, 2.24) is 4.98 Å². The fourth-order valence-corrected chi connectivity index (χ4v) is 6.06. The van der Waals surface area contributed by atoms with Crippen LogP contribution >= 0.6 is 11.6 Å². The van der Waals surface area contributed by atoms with Crippen molar-refractivity contribution in [1.29, 1.82) is 0 Å². The molecule has 1 aliphatic heterocycles. The molecule has 9 heteroatoms. The number of halogens is 3. The van der Waals surface area contributed by atoms with Crippen molar-refractivity contribution in [3.63, 3.8) is 0 Å². The van der Waals surface area contributed by atoms with Gasteiger partial charge < -0.3 is 20.1 Å². The molecule has 0 bridgehead atoms. The molecule has 1 saturated carbocycles. The molecule has 200 valence electrons. The van der Waals surface area contributed by atoms with E-state index in [1.807, 2.05) is 25.1 Å². The van der Waals surface area contributed by atoms with Gasteiger partial charge in [0.1, 0.15) is 5.66 Å². The lowest BCUT2D eigenvalue weighted by Crippen LogP contribution is -2.52. The lowest BCUT2D eigenvalue weighted by atomic mass is 9.71. The highest BCUT2D eigenvalue weighted by molar-refractivity contribution is 6.30. The van der Waals surface area contributed by atoms with E-state index in [-0.39, 0.29) is 18.4 Å². The van der Waals surface area contributed by atoms with E-state index in [1.54, 1.807) is 12.1 Å². The standard InChI is InChI=1S/C29H30ClF2N3O3/c1-17-12-20(30)9-10-21(17)29(34-25-13-23(31)24(32)14-26(25)35-29)22(18-6-4-3-5-7-18)16-38-27-11-8-19(15-33-27)28(36)37-2/h8-15,18,22,34-35H,3-7,16H2,1-2H3. The van der Waals surface area contributed by atoms with Crippen LogP contribution in [0.2, 0.25) is 5.02 Å². The largest absolute Gasteiger partial charge is 0.477 e. The van der Waals surface area contributed by atoms with Crippen LogP contribution in [0.5, 0.6) is 5.88 Å². The monoisotopic (exact) mass is 541 g/mol. The summed E-state index contributed by atoms with van der Waals surface area (Å²) in [5.41, 5.74) is 2.25. The van der Waals surface area contributed by atoms with Gasteiger partial charge in [0.2, 0.25) is 5.88 Å². The number of pyridine rings is 1. The molecule has 38 heavy (non-hydrogen) atoms. The summed E-state index contributed by atoms with van der Waals surface area (Å²) in [6.45, 7) is 2.25. The first-order valence-electron chi connectivity index (χ1n) is 12.8. The van der Waals surface area contributed by atoms with Gasteiger partial charge in [-0.3, -0.25) is 0 Å². The molecule has 2 aliphatic rings. The third-order valence-electron chi connectivity index (χ3n) is 7.68. The van der Waals surface area contributed by atoms with Gasteiger partial charge in [-0.25, -0.2) is 18.6 Å². The van der Waals surface area contributed by atoms with E-state index in [9.17, 15) is 13.6 Å². The van der Waals surface area contributed by atoms with Crippen LogP contribution in [0.1, 0.15) is 53.6 Å². The van der Waals surface area contributed by atoms with E-state index < -0.39 is 23.3 Å². The van der Waals surface area contributed by atoms with Crippen molar-refractivity contribution in [2.45, 2.75) is 44.7 Å². The summed E-state index contributed by atoms with van der Waals surface area (Å²) in [6.07, 6.45) is 6.78. The predicted octanol–water partition coefficient (Wildman–Crippen LogP) is 7.07. The maximum atomic E-state index is 14.3. The second kappa shape index (κ2) is 10.8. The highest BCUT2D eigenvalue weighted by Crippen LogP contribution is 2.50. The zero-order valence-corrected chi connectivity index (χ0v) is 22.1. The Kier molecular flexibility index (Phi) is 7.43. The molecule has 1 aromatic heterocycles. The minimum atomic E-state index is -0.915. The molecule has 0 radical (unpaired) electrons. The maximum absolute atomic E-state index is 14.3. The smallest absolute Gasteiger partial charge is 0.339 e.